The van der Waals surface area contributed by atoms with Crippen molar-refractivity contribution in [1.29, 1.82) is 0 Å². The van der Waals surface area contributed by atoms with Gasteiger partial charge in [0, 0.05) is 6.54 Å². The molecule has 1 atom stereocenters. The lowest BCUT2D eigenvalue weighted by Crippen LogP contribution is -2.43. The summed E-state index contributed by atoms with van der Waals surface area (Å²) in [6, 6.07) is 14.8. The third-order valence-electron chi connectivity index (χ3n) is 4.57. The largest absolute Gasteiger partial charge is 0.457 e. The fourth-order valence-electron chi connectivity index (χ4n) is 3.36. The Labute approximate surface area is 140 Å². The Bertz CT molecular complexity index is 788. The van der Waals surface area contributed by atoms with Gasteiger partial charge in [0.05, 0.1) is 16.9 Å². The quantitative estimate of drug-likeness (QED) is 0.883. The molecule has 0 aromatic heterocycles. The first-order valence-corrected chi connectivity index (χ1v) is 8.15. The van der Waals surface area contributed by atoms with Crippen LogP contribution in [-0.2, 0) is 16.1 Å². The van der Waals surface area contributed by atoms with Crippen LogP contribution in [0.1, 0.15) is 28.8 Å². The third-order valence-corrected chi connectivity index (χ3v) is 4.57. The summed E-state index contributed by atoms with van der Waals surface area (Å²) >= 11 is 0. The van der Waals surface area contributed by atoms with Crippen molar-refractivity contribution in [3.05, 3.63) is 59.7 Å². The lowest BCUT2D eigenvalue weighted by Gasteiger charge is -2.33. The molecule has 2 aromatic rings. The van der Waals surface area contributed by atoms with E-state index in [2.05, 4.69) is 10.2 Å². The first-order chi connectivity index (χ1) is 11.7. The van der Waals surface area contributed by atoms with E-state index in [4.69, 9.17) is 4.74 Å². The highest BCUT2D eigenvalue weighted by atomic mass is 16.5. The Kier molecular flexibility index (Phi) is 3.69. The van der Waals surface area contributed by atoms with Crippen LogP contribution in [-0.4, -0.2) is 24.5 Å². The molecule has 0 saturated carbocycles. The lowest BCUT2D eigenvalue weighted by molar-refractivity contribution is -0.117. The number of fused-ring (bicyclic) bond motifs is 3. The minimum absolute atomic E-state index is 0.00908. The molecule has 1 saturated heterocycles. The molecule has 1 amide bonds. The van der Waals surface area contributed by atoms with Crippen LogP contribution in [0.3, 0.4) is 0 Å². The van der Waals surface area contributed by atoms with E-state index in [1.165, 1.54) is 0 Å². The fourth-order valence-corrected chi connectivity index (χ4v) is 3.36. The normalized spacial score (nSPS) is 18.6. The van der Waals surface area contributed by atoms with E-state index in [1.54, 1.807) is 12.1 Å². The Morgan fingerprint density at radius 2 is 2.04 bits per heavy atom. The molecule has 0 aliphatic carbocycles. The van der Waals surface area contributed by atoms with E-state index in [0.717, 1.165) is 30.6 Å². The number of nitrogens with one attached hydrogen (secondary N) is 1. The summed E-state index contributed by atoms with van der Waals surface area (Å²) in [5, 5.41) is 2.91. The van der Waals surface area contributed by atoms with Gasteiger partial charge in [0.25, 0.3) is 0 Å². The predicted octanol–water partition coefficient (Wildman–Crippen LogP) is 2.96. The van der Waals surface area contributed by atoms with Gasteiger partial charge in [0.2, 0.25) is 5.91 Å². The van der Waals surface area contributed by atoms with Crippen molar-refractivity contribution in [1.82, 2.24) is 0 Å². The number of esters is 1. The summed E-state index contributed by atoms with van der Waals surface area (Å²) in [7, 11) is 0. The maximum atomic E-state index is 12.3. The number of carbonyl (C=O) groups excluding carboxylic acids is 2. The smallest absolute Gasteiger partial charge is 0.338 e. The highest BCUT2D eigenvalue weighted by Gasteiger charge is 2.36. The molecule has 2 aromatic carbocycles. The van der Waals surface area contributed by atoms with Gasteiger partial charge < -0.3 is 15.0 Å². The molecule has 0 unspecified atom stereocenters. The average Bonchev–Trinajstić information content (AvgIpc) is 3.11. The number of benzene rings is 2. The van der Waals surface area contributed by atoms with Crippen molar-refractivity contribution in [3.63, 3.8) is 0 Å². The SMILES string of the molecule is O=C(OCc1ccccc1)c1ccc2c(c1)NC(=O)[C@H]1CCCN21. The second kappa shape index (κ2) is 6.00. The summed E-state index contributed by atoms with van der Waals surface area (Å²) in [6.07, 6.45) is 1.89. The van der Waals surface area contributed by atoms with Crippen LogP contribution in [0.5, 0.6) is 0 Å². The number of nitrogens with zero attached hydrogens (tertiary/aromatic N) is 1. The first-order valence-electron chi connectivity index (χ1n) is 8.15. The maximum Gasteiger partial charge on any atom is 0.338 e. The van der Waals surface area contributed by atoms with Gasteiger partial charge in [-0.2, -0.15) is 0 Å². The van der Waals surface area contributed by atoms with Crippen molar-refractivity contribution in [2.75, 3.05) is 16.8 Å². The Hall–Kier alpha value is -2.82. The summed E-state index contributed by atoms with van der Waals surface area (Å²) < 4.78 is 5.35. The van der Waals surface area contributed by atoms with E-state index in [1.807, 2.05) is 36.4 Å². The van der Waals surface area contributed by atoms with Gasteiger partial charge in [-0.05, 0) is 36.6 Å². The molecule has 5 heteroatoms. The molecule has 2 aliphatic heterocycles. The molecular formula is C19H18N2O3. The van der Waals surface area contributed by atoms with Crippen molar-refractivity contribution >= 4 is 23.3 Å². The Morgan fingerprint density at radius 1 is 1.21 bits per heavy atom. The molecule has 1 N–H and O–H groups in total. The van der Waals surface area contributed by atoms with E-state index >= 15 is 0 Å². The summed E-state index contributed by atoms with van der Waals surface area (Å²) in [5.74, 6) is -0.380. The van der Waals surface area contributed by atoms with Crippen LogP contribution in [0.25, 0.3) is 0 Å². The van der Waals surface area contributed by atoms with Crippen LogP contribution in [0, 0.1) is 0 Å². The molecule has 5 nitrogen and oxygen atoms in total. The maximum absolute atomic E-state index is 12.3. The highest BCUT2D eigenvalue weighted by molar-refractivity contribution is 6.05. The molecule has 2 aliphatic rings. The monoisotopic (exact) mass is 322 g/mol. The number of anilines is 2. The number of hydrogen-bond acceptors (Lipinski definition) is 4. The molecule has 0 spiro atoms. The zero-order chi connectivity index (χ0) is 16.5. The second-order valence-electron chi connectivity index (χ2n) is 6.13. The first kappa shape index (κ1) is 14.8. The van der Waals surface area contributed by atoms with Gasteiger partial charge >= 0.3 is 5.97 Å². The number of amides is 1. The fraction of sp³-hybridized carbons (Fsp3) is 0.263. The number of carbonyl (C=O) groups is 2. The van der Waals surface area contributed by atoms with Crippen LogP contribution >= 0.6 is 0 Å². The van der Waals surface area contributed by atoms with Crippen molar-refractivity contribution < 1.29 is 14.3 Å². The minimum atomic E-state index is -0.389. The molecular weight excluding hydrogens is 304 g/mol. The minimum Gasteiger partial charge on any atom is -0.457 e. The molecule has 122 valence electrons. The van der Waals surface area contributed by atoms with Gasteiger partial charge in [-0.1, -0.05) is 30.3 Å². The summed E-state index contributed by atoms with van der Waals surface area (Å²) in [4.78, 5) is 26.5. The Morgan fingerprint density at radius 3 is 2.88 bits per heavy atom. The molecule has 1 fully saturated rings. The average molecular weight is 322 g/mol. The molecule has 0 radical (unpaired) electrons. The highest BCUT2D eigenvalue weighted by Crippen LogP contribution is 2.37. The van der Waals surface area contributed by atoms with Gasteiger partial charge in [-0.3, -0.25) is 4.79 Å². The van der Waals surface area contributed by atoms with E-state index in [-0.39, 0.29) is 24.5 Å². The van der Waals surface area contributed by atoms with Gasteiger partial charge in [0.15, 0.2) is 0 Å². The van der Waals surface area contributed by atoms with Crippen LogP contribution in [0.2, 0.25) is 0 Å². The number of hydrogen-bond donors (Lipinski definition) is 1. The zero-order valence-corrected chi connectivity index (χ0v) is 13.2. The lowest BCUT2D eigenvalue weighted by atomic mass is 10.1. The van der Waals surface area contributed by atoms with Crippen LogP contribution < -0.4 is 10.2 Å². The second-order valence-corrected chi connectivity index (χ2v) is 6.13. The van der Waals surface area contributed by atoms with E-state index in [9.17, 15) is 9.59 Å². The summed E-state index contributed by atoms with van der Waals surface area (Å²) in [5.41, 5.74) is 3.06. The van der Waals surface area contributed by atoms with Gasteiger partial charge in [0.1, 0.15) is 12.6 Å². The van der Waals surface area contributed by atoms with E-state index < -0.39 is 0 Å². The van der Waals surface area contributed by atoms with Crippen molar-refractivity contribution in [2.24, 2.45) is 0 Å². The van der Waals surface area contributed by atoms with Crippen LogP contribution in [0.4, 0.5) is 11.4 Å². The van der Waals surface area contributed by atoms with Crippen LogP contribution in [0.15, 0.2) is 48.5 Å². The Balaban J connectivity index is 1.52. The molecule has 2 heterocycles. The third kappa shape index (κ3) is 2.62. The molecule has 24 heavy (non-hydrogen) atoms. The molecule has 0 bridgehead atoms. The van der Waals surface area contributed by atoms with Gasteiger partial charge in [-0.15, -0.1) is 0 Å². The number of ether oxygens (including phenoxy) is 1. The number of rotatable bonds is 3. The van der Waals surface area contributed by atoms with Gasteiger partial charge in [-0.25, -0.2) is 4.79 Å². The van der Waals surface area contributed by atoms with Crippen molar-refractivity contribution in [3.8, 4) is 0 Å². The molecule has 4 rings (SSSR count). The topological polar surface area (TPSA) is 58.6 Å². The zero-order valence-electron chi connectivity index (χ0n) is 13.2. The van der Waals surface area contributed by atoms with Crippen molar-refractivity contribution in [2.45, 2.75) is 25.5 Å². The van der Waals surface area contributed by atoms with E-state index in [0.29, 0.717) is 11.3 Å². The summed E-state index contributed by atoms with van der Waals surface area (Å²) in [6.45, 7) is 1.11. The standard InChI is InChI=1S/C19H18N2O3/c22-18-17-7-4-10-21(17)16-9-8-14(11-15(16)20-18)19(23)24-12-13-5-2-1-3-6-13/h1-3,5-6,8-9,11,17H,4,7,10,12H2,(H,20,22)/t17-/m1/s1. The predicted molar refractivity (Wildman–Crippen MR) is 91.0 cm³/mol.